The van der Waals surface area contributed by atoms with Gasteiger partial charge in [-0.2, -0.15) is 4.39 Å². The molecule has 11 heteroatoms. The van der Waals surface area contributed by atoms with Crippen molar-refractivity contribution in [2.75, 3.05) is 6.79 Å². The number of hydrogen-bond acceptors (Lipinski definition) is 6. The first-order chi connectivity index (χ1) is 10.8. The molecule has 0 saturated carbocycles. The molecular weight excluding hydrogens is 360 g/mol. The molecule has 1 aromatic carbocycles. The third kappa shape index (κ3) is 3.96. The van der Waals surface area contributed by atoms with Crippen LogP contribution in [0.15, 0.2) is 4.90 Å². The Morgan fingerprint density at radius 3 is 2.08 bits per heavy atom. The van der Waals surface area contributed by atoms with Gasteiger partial charge in [-0.25, -0.2) is 21.6 Å². The van der Waals surface area contributed by atoms with Gasteiger partial charge in [-0.15, -0.1) is 0 Å². The Bertz CT molecular complexity index is 760. The van der Waals surface area contributed by atoms with E-state index in [0.717, 1.165) is 0 Å². The van der Waals surface area contributed by atoms with Crippen LogP contribution in [0.5, 0.6) is 5.75 Å². The second-order valence-corrected chi connectivity index (χ2v) is 6.62. The molecule has 0 saturated heterocycles. The lowest BCUT2D eigenvalue weighted by Gasteiger charge is -2.20. The third-order valence-electron chi connectivity index (χ3n) is 3.26. The lowest BCUT2D eigenvalue weighted by molar-refractivity contribution is -0.161. The molecule has 6 nitrogen and oxygen atoms in total. The van der Waals surface area contributed by atoms with Crippen LogP contribution in [-0.4, -0.2) is 25.7 Å². The molecule has 0 aromatic heterocycles. The van der Waals surface area contributed by atoms with E-state index in [1.54, 1.807) is 6.92 Å². The monoisotopic (exact) mass is 373 g/mol. The standard InChI is InChI=1S/C13H14F4O6S/c1-4-13(2,3)12(18)23-5-22-10-7(15)6(14)8(16)11(9(10)17)24(19,20)21/h4-5H2,1-3H3,(H,19,20,21)/p-1. The topological polar surface area (TPSA) is 92.7 Å². The summed E-state index contributed by atoms with van der Waals surface area (Å²) in [4.78, 5) is 9.41. The zero-order valence-electron chi connectivity index (χ0n) is 12.8. The van der Waals surface area contributed by atoms with Crippen molar-refractivity contribution in [1.82, 2.24) is 0 Å². The van der Waals surface area contributed by atoms with Crippen LogP contribution < -0.4 is 4.74 Å². The second kappa shape index (κ2) is 6.93. The summed E-state index contributed by atoms with van der Waals surface area (Å²) in [5.41, 5.74) is -0.946. The minimum atomic E-state index is -5.79. The van der Waals surface area contributed by atoms with Gasteiger partial charge in [-0.05, 0) is 20.3 Å². The summed E-state index contributed by atoms with van der Waals surface area (Å²) < 4.78 is 95.1. The maximum absolute atomic E-state index is 13.8. The van der Waals surface area contributed by atoms with E-state index in [4.69, 9.17) is 0 Å². The summed E-state index contributed by atoms with van der Waals surface area (Å²) >= 11 is 0. The maximum atomic E-state index is 13.8. The van der Waals surface area contributed by atoms with E-state index < -0.39 is 62.2 Å². The van der Waals surface area contributed by atoms with E-state index in [0.29, 0.717) is 6.42 Å². The van der Waals surface area contributed by atoms with Crippen molar-refractivity contribution in [3.8, 4) is 5.75 Å². The summed E-state index contributed by atoms with van der Waals surface area (Å²) in [6, 6.07) is 0. The zero-order chi connectivity index (χ0) is 18.9. The van der Waals surface area contributed by atoms with Crippen molar-refractivity contribution < 1.29 is 44.8 Å². The van der Waals surface area contributed by atoms with E-state index in [-0.39, 0.29) is 0 Å². The first-order valence-corrected chi connectivity index (χ1v) is 7.87. The minimum absolute atomic E-state index is 0.359. The van der Waals surface area contributed by atoms with Gasteiger partial charge in [0.05, 0.1) is 5.41 Å². The van der Waals surface area contributed by atoms with Gasteiger partial charge in [0.1, 0.15) is 15.0 Å². The summed E-state index contributed by atoms with van der Waals surface area (Å²) in [5.74, 6) is -11.9. The van der Waals surface area contributed by atoms with Crippen LogP contribution in [0.1, 0.15) is 27.2 Å². The molecule has 0 spiro atoms. The van der Waals surface area contributed by atoms with Crippen LogP contribution in [0.25, 0.3) is 0 Å². The summed E-state index contributed by atoms with van der Waals surface area (Å²) in [7, 11) is -5.79. The molecule has 24 heavy (non-hydrogen) atoms. The number of rotatable bonds is 6. The zero-order valence-corrected chi connectivity index (χ0v) is 13.6. The number of hydrogen-bond donors (Lipinski definition) is 0. The molecule has 0 N–H and O–H groups in total. The van der Waals surface area contributed by atoms with Crippen molar-refractivity contribution in [2.45, 2.75) is 32.1 Å². The van der Waals surface area contributed by atoms with Crippen molar-refractivity contribution in [2.24, 2.45) is 5.41 Å². The van der Waals surface area contributed by atoms with Gasteiger partial charge in [0.15, 0.2) is 23.2 Å². The molecule has 136 valence electrons. The Labute approximate surface area is 135 Å². The van der Waals surface area contributed by atoms with Gasteiger partial charge in [0.25, 0.3) is 0 Å². The molecule has 1 rings (SSSR count). The van der Waals surface area contributed by atoms with Crippen molar-refractivity contribution in [1.29, 1.82) is 0 Å². The van der Waals surface area contributed by atoms with Gasteiger partial charge in [-0.3, -0.25) is 4.79 Å². The average Bonchev–Trinajstić information content (AvgIpc) is 2.46. The molecule has 0 heterocycles. The first kappa shape index (κ1) is 20.2. The van der Waals surface area contributed by atoms with E-state index in [1.807, 2.05) is 0 Å². The number of esters is 1. The Kier molecular flexibility index (Phi) is 5.82. The lowest BCUT2D eigenvalue weighted by atomic mass is 9.91. The van der Waals surface area contributed by atoms with Gasteiger partial charge >= 0.3 is 5.97 Å². The van der Waals surface area contributed by atoms with Crippen LogP contribution >= 0.6 is 0 Å². The van der Waals surface area contributed by atoms with Gasteiger partial charge in [0.2, 0.25) is 12.6 Å². The van der Waals surface area contributed by atoms with Crippen LogP contribution in [-0.2, 0) is 19.6 Å². The molecule has 1 aromatic rings. The van der Waals surface area contributed by atoms with Crippen molar-refractivity contribution in [3.05, 3.63) is 23.3 Å². The molecule has 0 aliphatic heterocycles. The highest BCUT2D eigenvalue weighted by Gasteiger charge is 2.31. The largest absolute Gasteiger partial charge is 0.744 e. The lowest BCUT2D eigenvalue weighted by Crippen LogP contribution is -2.27. The number of benzene rings is 1. The average molecular weight is 373 g/mol. The van der Waals surface area contributed by atoms with Gasteiger partial charge in [-0.1, -0.05) is 6.92 Å². The maximum Gasteiger partial charge on any atom is 0.314 e. The molecule has 0 fully saturated rings. The van der Waals surface area contributed by atoms with E-state index in [9.17, 15) is 35.3 Å². The Balaban J connectivity index is 3.14. The van der Waals surface area contributed by atoms with E-state index in [2.05, 4.69) is 9.47 Å². The summed E-state index contributed by atoms with van der Waals surface area (Å²) in [6.07, 6.45) is 0.359. The quantitative estimate of drug-likeness (QED) is 0.190. The molecule has 0 atom stereocenters. The summed E-state index contributed by atoms with van der Waals surface area (Å²) in [6.45, 7) is 3.58. The van der Waals surface area contributed by atoms with Crippen LogP contribution in [0.3, 0.4) is 0 Å². The number of carbonyl (C=O) groups is 1. The molecule has 0 amide bonds. The predicted molar refractivity (Wildman–Crippen MR) is 69.9 cm³/mol. The molecule has 0 aliphatic carbocycles. The Hall–Kier alpha value is -1.88. The van der Waals surface area contributed by atoms with Crippen LogP contribution in [0.2, 0.25) is 0 Å². The van der Waals surface area contributed by atoms with Crippen LogP contribution in [0, 0.1) is 28.7 Å². The third-order valence-corrected chi connectivity index (χ3v) is 4.12. The smallest absolute Gasteiger partial charge is 0.314 e. The molecule has 0 unspecified atom stereocenters. The molecule has 0 aliphatic rings. The van der Waals surface area contributed by atoms with Gasteiger partial charge < -0.3 is 14.0 Å². The van der Waals surface area contributed by atoms with Gasteiger partial charge in [0, 0.05) is 0 Å². The number of carbonyl (C=O) groups excluding carboxylic acids is 1. The molecule has 0 radical (unpaired) electrons. The molecular formula is C13H13F4O6S-. The second-order valence-electron chi connectivity index (χ2n) is 5.30. The van der Waals surface area contributed by atoms with Crippen molar-refractivity contribution >= 4 is 16.1 Å². The minimum Gasteiger partial charge on any atom is -0.744 e. The highest BCUT2D eigenvalue weighted by molar-refractivity contribution is 7.85. The Morgan fingerprint density at radius 2 is 1.62 bits per heavy atom. The number of halogens is 4. The first-order valence-electron chi connectivity index (χ1n) is 6.46. The fourth-order valence-corrected chi connectivity index (χ4v) is 2.04. The van der Waals surface area contributed by atoms with Crippen molar-refractivity contribution in [3.63, 3.8) is 0 Å². The predicted octanol–water partition coefficient (Wildman–Crippen LogP) is 2.46. The fraction of sp³-hybridized carbons (Fsp3) is 0.462. The SMILES string of the molecule is CCC(C)(C)C(=O)OCOc1c(F)c(F)c(F)c(S(=O)(=O)[O-])c1F. The highest BCUT2D eigenvalue weighted by atomic mass is 32.2. The summed E-state index contributed by atoms with van der Waals surface area (Å²) in [5, 5.41) is 0. The normalized spacial score (nSPS) is 12.2. The fourth-order valence-electron chi connectivity index (χ4n) is 1.42. The Morgan fingerprint density at radius 1 is 1.08 bits per heavy atom. The molecule has 0 bridgehead atoms. The highest BCUT2D eigenvalue weighted by Crippen LogP contribution is 2.32. The van der Waals surface area contributed by atoms with Crippen LogP contribution in [0.4, 0.5) is 17.6 Å². The van der Waals surface area contributed by atoms with E-state index >= 15 is 0 Å². The van der Waals surface area contributed by atoms with E-state index in [1.165, 1.54) is 13.8 Å². The number of ether oxygens (including phenoxy) is 2.